The van der Waals surface area contributed by atoms with Gasteiger partial charge in [-0.2, -0.15) is 0 Å². The summed E-state index contributed by atoms with van der Waals surface area (Å²) in [5, 5.41) is 0. The lowest BCUT2D eigenvalue weighted by molar-refractivity contribution is 0.405. The fourth-order valence-corrected chi connectivity index (χ4v) is 0.880. The van der Waals surface area contributed by atoms with Gasteiger partial charge in [0.1, 0.15) is 0 Å². The van der Waals surface area contributed by atoms with Crippen LogP contribution < -0.4 is 6.15 Å². The van der Waals surface area contributed by atoms with Crippen LogP contribution in [0.4, 0.5) is 0 Å². The van der Waals surface area contributed by atoms with E-state index in [-0.39, 0.29) is 6.15 Å². The van der Waals surface area contributed by atoms with Crippen molar-refractivity contribution in [1.82, 2.24) is 16.1 Å². The largest absolute Gasteiger partial charge is 0.692 e. The number of fused-ring (bicyclic) bond motifs is 1. The van der Waals surface area contributed by atoms with E-state index < -0.39 is 8.25 Å². The van der Waals surface area contributed by atoms with Gasteiger partial charge in [-0.1, -0.05) is 12.1 Å². The van der Waals surface area contributed by atoms with Gasteiger partial charge in [0.2, 0.25) is 0 Å². The van der Waals surface area contributed by atoms with E-state index in [0.717, 1.165) is 11.0 Å². The Hall–Kier alpha value is -1.33. The van der Waals surface area contributed by atoms with Crippen LogP contribution >= 0.6 is 8.25 Å². The Morgan fingerprint density at radius 2 is 1.86 bits per heavy atom. The summed E-state index contributed by atoms with van der Waals surface area (Å²) in [5.41, 5.74) is 2.12. The zero-order valence-electron chi connectivity index (χ0n) is 7.29. The molecule has 2 aromatic rings. The zero-order chi connectivity index (χ0) is 9.68. The molecule has 7 heteroatoms. The summed E-state index contributed by atoms with van der Waals surface area (Å²) in [5.74, 6) is 0. The highest BCUT2D eigenvalue weighted by Gasteiger charge is 1.93. The molecule has 0 atom stereocenters. The minimum atomic E-state index is -2.87. The van der Waals surface area contributed by atoms with Crippen molar-refractivity contribution in [3.8, 4) is 0 Å². The standard InChI is InChI=1S/C7H6N2.H3N.HO3P/c1-2-4-7-6(3-1)8-5-9-7;;1-4(2)3/h1-5H,(H,8,9);1H3;(H-,1,2,3)/p+1. The van der Waals surface area contributed by atoms with E-state index in [1.54, 1.807) is 6.33 Å². The second kappa shape index (κ2) is 6.17. The van der Waals surface area contributed by atoms with E-state index >= 15 is 0 Å². The van der Waals surface area contributed by atoms with Crippen LogP contribution in [0.2, 0.25) is 0 Å². The number of hydrogen-bond donors (Lipinski definition) is 4. The van der Waals surface area contributed by atoms with Crippen LogP contribution in [0, 0.1) is 0 Å². The Morgan fingerprint density at radius 3 is 2.43 bits per heavy atom. The first-order chi connectivity index (χ1) is 6.20. The molecule has 0 spiro atoms. The number of imidazole rings is 1. The van der Waals surface area contributed by atoms with E-state index in [2.05, 4.69) is 9.97 Å². The Bertz CT molecular complexity index is 369. The highest BCUT2D eigenvalue weighted by molar-refractivity contribution is 7.30. The zero-order valence-corrected chi connectivity index (χ0v) is 8.19. The fraction of sp³-hybridized carbons (Fsp3) is 0. The Balaban J connectivity index is 0.000000299. The summed E-state index contributed by atoms with van der Waals surface area (Å²) >= 11 is 0. The van der Waals surface area contributed by atoms with Gasteiger partial charge < -0.3 is 11.1 Å². The molecule has 0 aliphatic rings. The third kappa shape index (κ3) is 4.06. The number of aromatic nitrogens is 2. The van der Waals surface area contributed by atoms with Gasteiger partial charge in [0.05, 0.1) is 17.4 Å². The number of aromatic amines is 1. The first kappa shape index (κ1) is 12.7. The predicted molar refractivity (Wildman–Crippen MR) is 53.2 cm³/mol. The van der Waals surface area contributed by atoms with Gasteiger partial charge in [-0.25, -0.2) is 4.98 Å². The number of H-pyrrole nitrogens is 1. The fourth-order valence-electron chi connectivity index (χ4n) is 0.880. The van der Waals surface area contributed by atoms with Crippen molar-refractivity contribution in [3.63, 3.8) is 0 Å². The van der Waals surface area contributed by atoms with Gasteiger partial charge in [0.15, 0.2) is 0 Å². The molecule has 0 unspecified atom stereocenters. The Labute approximate surface area is 81.1 Å². The molecule has 0 saturated heterocycles. The maximum Gasteiger partial charge on any atom is 0.692 e. The van der Waals surface area contributed by atoms with Crippen LogP contribution in [0.15, 0.2) is 30.6 Å². The molecule has 1 aromatic heterocycles. The minimum absolute atomic E-state index is 0. The maximum atomic E-state index is 8.70. The first-order valence-corrected chi connectivity index (χ1v) is 4.60. The van der Waals surface area contributed by atoms with Crippen molar-refractivity contribution in [2.75, 3.05) is 0 Å². The van der Waals surface area contributed by atoms with E-state index in [1.165, 1.54) is 0 Å². The molecule has 2 rings (SSSR count). The van der Waals surface area contributed by atoms with Gasteiger partial charge in [-0.15, -0.1) is 9.79 Å². The smallest absolute Gasteiger partial charge is 0.345 e. The lowest BCUT2D eigenvalue weighted by atomic mass is 10.3. The third-order valence-electron chi connectivity index (χ3n) is 1.33. The molecule has 6 nitrogen and oxygen atoms in total. The second-order valence-electron chi connectivity index (χ2n) is 2.17. The molecule has 0 fully saturated rings. The van der Waals surface area contributed by atoms with Gasteiger partial charge >= 0.3 is 8.25 Å². The lowest BCUT2D eigenvalue weighted by Crippen LogP contribution is -1.63. The first-order valence-electron chi connectivity index (χ1n) is 3.43. The molecular weight excluding hydrogens is 205 g/mol. The van der Waals surface area contributed by atoms with Crippen molar-refractivity contribution in [2.24, 2.45) is 0 Å². The summed E-state index contributed by atoms with van der Waals surface area (Å²) in [6.45, 7) is 0. The van der Waals surface area contributed by atoms with Gasteiger partial charge in [0.25, 0.3) is 0 Å². The summed E-state index contributed by atoms with van der Waals surface area (Å²) in [6, 6.07) is 7.94. The molecule has 6 N–H and O–H groups in total. The summed E-state index contributed by atoms with van der Waals surface area (Å²) in [4.78, 5) is 21.3. The normalized spacial score (nSPS) is 8.43. The number of nitrogens with zero attached hydrogens (tertiary/aromatic N) is 1. The lowest BCUT2D eigenvalue weighted by Gasteiger charge is -1.81. The molecule has 14 heavy (non-hydrogen) atoms. The summed E-state index contributed by atoms with van der Waals surface area (Å²) < 4.78 is 8.70. The van der Waals surface area contributed by atoms with E-state index in [0.29, 0.717) is 0 Å². The quantitative estimate of drug-likeness (QED) is 0.495. The predicted octanol–water partition coefficient (Wildman–Crippen LogP) is 1.35. The minimum Gasteiger partial charge on any atom is -0.345 e. The van der Waals surface area contributed by atoms with Crippen LogP contribution in [0.5, 0.6) is 0 Å². The van der Waals surface area contributed by atoms with Crippen LogP contribution in [-0.4, -0.2) is 19.8 Å². The molecule has 0 saturated carbocycles. The van der Waals surface area contributed by atoms with Crippen LogP contribution in [-0.2, 0) is 4.57 Å². The van der Waals surface area contributed by atoms with E-state index in [1.807, 2.05) is 24.3 Å². The van der Waals surface area contributed by atoms with E-state index in [4.69, 9.17) is 14.4 Å². The van der Waals surface area contributed by atoms with Crippen LogP contribution in [0.1, 0.15) is 0 Å². The number of para-hydroxylation sites is 2. The number of benzene rings is 1. The molecule has 1 aromatic carbocycles. The second-order valence-corrected chi connectivity index (χ2v) is 2.68. The average molecular weight is 216 g/mol. The van der Waals surface area contributed by atoms with Gasteiger partial charge in [0, 0.05) is 4.57 Å². The topological polar surface area (TPSA) is 121 Å². The number of hydrogen-bond acceptors (Lipinski definition) is 3. The molecule has 0 amide bonds. The van der Waals surface area contributed by atoms with Gasteiger partial charge in [-0.3, -0.25) is 0 Å². The molecule has 0 radical (unpaired) electrons. The van der Waals surface area contributed by atoms with E-state index in [9.17, 15) is 0 Å². The van der Waals surface area contributed by atoms with Crippen molar-refractivity contribution in [3.05, 3.63) is 30.6 Å². The van der Waals surface area contributed by atoms with Gasteiger partial charge in [-0.05, 0) is 12.1 Å². The maximum absolute atomic E-state index is 8.70. The summed E-state index contributed by atoms with van der Waals surface area (Å²) in [7, 11) is -2.87. The third-order valence-corrected chi connectivity index (χ3v) is 1.33. The number of nitrogens with one attached hydrogen (secondary N) is 1. The van der Waals surface area contributed by atoms with Crippen molar-refractivity contribution < 1.29 is 14.4 Å². The molecule has 1 heterocycles. The summed E-state index contributed by atoms with van der Waals surface area (Å²) in [6.07, 6.45) is 1.70. The molecule has 0 bridgehead atoms. The Morgan fingerprint density at radius 1 is 1.29 bits per heavy atom. The molecule has 0 aliphatic heterocycles. The van der Waals surface area contributed by atoms with Crippen molar-refractivity contribution >= 4 is 19.3 Å². The van der Waals surface area contributed by atoms with Crippen molar-refractivity contribution in [2.45, 2.75) is 0 Å². The highest BCUT2D eigenvalue weighted by atomic mass is 31.1. The van der Waals surface area contributed by atoms with Crippen molar-refractivity contribution in [1.29, 1.82) is 0 Å². The molecule has 76 valence electrons. The van der Waals surface area contributed by atoms with Crippen LogP contribution in [0.3, 0.4) is 0 Å². The average Bonchev–Trinajstić information content (AvgIpc) is 2.49. The monoisotopic (exact) mass is 216 g/mol. The molecule has 0 aliphatic carbocycles. The highest BCUT2D eigenvalue weighted by Crippen LogP contribution is 2.05. The number of rotatable bonds is 0. The molecular formula is C7H11N3O3P+. The van der Waals surface area contributed by atoms with Crippen LogP contribution in [0.25, 0.3) is 11.0 Å². The SMILES string of the molecule is N.O=[P+](O)O.c1ccc2[nH]cnc2c1. The Kier molecular flexibility index (Phi) is 5.59.